The molecule has 0 N–H and O–H groups in total. The van der Waals surface area contributed by atoms with Gasteiger partial charge in [-0.2, -0.15) is 4.31 Å². The molecule has 2 fully saturated rings. The molecule has 0 aromatic heterocycles. The van der Waals surface area contributed by atoms with E-state index in [4.69, 9.17) is 0 Å². The van der Waals surface area contributed by atoms with Crippen molar-refractivity contribution in [3.05, 3.63) is 0 Å². The first-order valence-corrected chi connectivity index (χ1v) is 11.2. The van der Waals surface area contributed by atoms with Crippen LogP contribution in [0.4, 0.5) is 0 Å². The first-order valence-electron chi connectivity index (χ1n) is 9.38. The van der Waals surface area contributed by atoms with Crippen molar-refractivity contribution in [3.63, 3.8) is 0 Å². The second kappa shape index (κ2) is 9.15. The average molecular weight is 360 g/mol. The van der Waals surface area contributed by atoms with Crippen LogP contribution in [0.1, 0.15) is 51.9 Å². The Morgan fingerprint density at radius 1 is 1.04 bits per heavy atom. The normalized spacial score (nSPS) is 21.9. The fourth-order valence-corrected chi connectivity index (χ4v) is 5.02. The van der Waals surface area contributed by atoms with Crippen LogP contribution >= 0.6 is 0 Å². The van der Waals surface area contributed by atoms with Gasteiger partial charge in [-0.15, -0.1) is 0 Å². The van der Waals surface area contributed by atoms with E-state index in [0.717, 1.165) is 58.4 Å². The van der Waals surface area contributed by atoms with Crippen molar-refractivity contribution < 1.29 is 13.2 Å². The summed E-state index contributed by atoms with van der Waals surface area (Å²) in [5, 5.41) is 0. The van der Waals surface area contributed by atoms with Gasteiger partial charge in [0.25, 0.3) is 0 Å². The van der Waals surface area contributed by atoms with Crippen LogP contribution in [0.5, 0.6) is 0 Å². The van der Waals surface area contributed by atoms with Crippen LogP contribution in [0.25, 0.3) is 0 Å². The molecule has 0 bridgehead atoms. The van der Waals surface area contributed by atoms with E-state index < -0.39 is 10.0 Å². The van der Waals surface area contributed by atoms with Gasteiger partial charge in [-0.05, 0) is 19.4 Å². The Bertz CT molecular complexity index is 493. The van der Waals surface area contributed by atoms with Gasteiger partial charge in [-0.1, -0.05) is 32.6 Å². The lowest BCUT2D eigenvalue weighted by molar-refractivity contribution is -0.133. The molecule has 0 unspecified atom stereocenters. The van der Waals surface area contributed by atoms with Gasteiger partial charge in [0.15, 0.2) is 0 Å². The number of sulfonamides is 1. The quantitative estimate of drug-likeness (QED) is 0.675. The first kappa shape index (κ1) is 19.7. The SMILES string of the molecule is CCN1CCN(C(=O)CCN(C2CCCCCC2)S(C)(=O)=O)CC1. The lowest BCUT2D eigenvalue weighted by Gasteiger charge is -2.35. The second-order valence-corrected chi connectivity index (χ2v) is 9.02. The van der Waals surface area contributed by atoms with Gasteiger partial charge in [0.1, 0.15) is 0 Å². The first-order chi connectivity index (χ1) is 11.4. The zero-order valence-electron chi connectivity index (χ0n) is 15.2. The van der Waals surface area contributed by atoms with Crippen molar-refractivity contribution in [2.75, 3.05) is 45.5 Å². The lowest BCUT2D eigenvalue weighted by atomic mass is 10.1. The van der Waals surface area contributed by atoms with Gasteiger partial charge in [-0.25, -0.2) is 8.42 Å². The van der Waals surface area contributed by atoms with Gasteiger partial charge in [-0.3, -0.25) is 4.79 Å². The van der Waals surface area contributed by atoms with Crippen molar-refractivity contribution in [1.82, 2.24) is 14.1 Å². The minimum atomic E-state index is -3.27. The van der Waals surface area contributed by atoms with E-state index in [1.807, 2.05) is 4.90 Å². The Labute approximate surface area is 147 Å². The van der Waals surface area contributed by atoms with Crippen molar-refractivity contribution in [2.45, 2.75) is 57.9 Å². The third kappa shape index (κ3) is 5.70. The molecule has 1 heterocycles. The maximum Gasteiger partial charge on any atom is 0.223 e. The molecule has 1 aliphatic carbocycles. The van der Waals surface area contributed by atoms with Crippen LogP contribution < -0.4 is 0 Å². The summed E-state index contributed by atoms with van der Waals surface area (Å²) in [4.78, 5) is 16.7. The molecule has 0 aromatic rings. The molecular weight excluding hydrogens is 326 g/mol. The van der Waals surface area contributed by atoms with E-state index in [1.54, 1.807) is 4.31 Å². The molecule has 1 saturated heterocycles. The van der Waals surface area contributed by atoms with Gasteiger partial charge < -0.3 is 9.80 Å². The van der Waals surface area contributed by atoms with Crippen LogP contribution in [-0.2, 0) is 14.8 Å². The molecule has 0 aromatic carbocycles. The molecule has 24 heavy (non-hydrogen) atoms. The summed E-state index contributed by atoms with van der Waals surface area (Å²) in [6.07, 6.45) is 7.99. The largest absolute Gasteiger partial charge is 0.340 e. The molecule has 0 spiro atoms. The average Bonchev–Trinajstić information content (AvgIpc) is 2.83. The number of amides is 1. The fraction of sp³-hybridized carbons (Fsp3) is 0.941. The number of carbonyl (C=O) groups is 1. The van der Waals surface area contributed by atoms with Gasteiger partial charge in [0, 0.05) is 45.2 Å². The summed E-state index contributed by atoms with van der Waals surface area (Å²) < 4.78 is 26.0. The van der Waals surface area contributed by atoms with Crippen molar-refractivity contribution >= 4 is 15.9 Å². The summed E-state index contributed by atoms with van der Waals surface area (Å²) in [6, 6.07) is 0.0761. The molecule has 1 amide bonds. The predicted molar refractivity (Wildman–Crippen MR) is 96.4 cm³/mol. The van der Waals surface area contributed by atoms with Crippen LogP contribution in [-0.4, -0.2) is 80.0 Å². The van der Waals surface area contributed by atoms with Crippen molar-refractivity contribution in [2.24, 2.45) is 0 Å². The highest BCUT2D eigenvalue weighted by molar-refractivity contribution is 7.88. The smallest absolute Gasteiger partial charge is 0.223 e. The Balaban J connectivity index is 1.89. The molecule has 2 rings (SSSR count). The Hall–Kier alpha value is -0.660. The third-order valence-corrected chi connectivity index (χ3v) is 6.71. The highest BCUT2D eigenvalue weighted by atomic mass is 32.2. The van der Waals surface area contributed by atoms with E-state index in [-0.39, 0.29) is 11.9 Å². The highest BCUT2D eigenvalue weighted by Crippen LogP contribution is 2.24. The number of nitrogens with zero attached hydrogens (tertiary/aromatic N) is 3. The fourth-order valence-electron chi connectivity index (χ4n) is 3.84. The molecule has 1 aliphatic heterocycles. The minimum Gasteiger partial charge on any atom is -0.340 e. The summed E-state index contributed by atoms with van der Waals surface area (Å²) in [5.74, 6) is 0.0908. The molecule has 2 aliphatic rings. The number of rotatable bonds is 6. The molecular formula is C17H33N3O3S. The molecule has 0 atom stereocenters. The molecule has 0 radical (unpaired) electrons. The minimum absolute atomic E-state index is 0.0761. The lowest BCUT2D eigenvalue weighted by Crippen LogP contribution is -2.49. The Morgan fingerprint density at radius 2 is 1.62 bits per heavy atom. The van der Waals surface area contributed by atoms with Crippen LogP contribution in [0, 0.1) is 0 Å². The zero-order chi connectivity index (χ0) is 17.6. The summed E-state index contributed by atoms with van der Waals surface area (Å²) in [7, 11) is -3.27. The van der Waals surface area contributed by atoms with Gasteiger partial charge >= 0.3 is 0 Å². The summed E-state index contributed by atoms with van der Waals surface area (Å²) in [6.45, 7) is 6.83. The number of piperazine rings is 1. The summed E-state index contributed by atoms with van der Waals surface area (Å²) >= 11 is 0. The Kier molecular flexibility index (Phi) is 7.50. The topological polar surface area (TPSA) is 60.9 Å². The van der Waals surface area contributed by atoms with Gasteiger partial charge in [0.2, 0.25) is 15.9 Å². The molecule has 6 nitrogen and oxygen atoms in total. The van der Waals surface area contributed by atoms with E-state index in [0.29, 0.717) is 13.0 Å². The maximum atomic E-state index is 12.5. The number of carbonyl (C=O) groups excluding carboxylic acids is 1. The standard InChI is InChI=1S/C17H33N3O3S/c1-3-18-12-14-19(15-13-18)17(21)10-11-20(24(2,22)23)16-8-6-4-5-7-9-16/h16H,3-15H2,1-2H3. The van der Waals surface area contributed by atoms with Crippen molar-refractivity contribution in [1.29, 1.82) is 0 Å². The molecule has 1 saturated carbocycles. The van der Waals surface area contributed by atoms with Gasteiger partial charge in [0.05, 0.1) is 6.26 Å². The number of likely N-dealkylation sites (N-methyl/N-ethyl adjacent to an activating group) is 1. The third-order valence-electron chi connectivity index (χ3n) is 5.38. The van der Waals surface area contributed by atoms with Crippen LogP contribution in [0.3, 0.4) is 0 Å². The van der Waals surface area contributed by atoms with E-state index in [2.05, 4.69) is 11.8 Å². The maximum absolute atomic E-state index is 12.5. The predicted octanol–water partition coefficient (Wildman–Crippen LogP) is 1.53. The second-order valence-electron chi connectivity index (χ2n) is 7.08. The number of hydrogen-bond donors (Lipinski definition) is 0. The highest BCUT2D eigenvalue weighted by Gasteiger charge is 2.29. The summed E-state index contributed by atoms with van der Waals surface area (Å²) in [5.41, 5.74) is 0. The van der Waals surface area contributed by atoms with E-state index in [9.17, 15) is 13.2 Å². The molecule has 140 valence electrons. The van der Waals surface area contributed by atoms with E-state index in [1.165, 1.54) is 19.1 Å². The monoisotopic (exact) mass is 359 g/mol. The molecule has 7 heteroatoms. The van der Waals surface area contributed by atoms with Crippen molar-refractivity contribution in [3.8, 4) is 0 Å². The van der Waals surface area contributed by atoms with Crippen LogP contribution in [0.2, 0.25) is 0 Å². The number of hydrogen-bond acceptors (Lipinski definition) is 4. The van der Waals surface area contributed by atoms with E-state index >= 15 is 0 Å². The zero-order valence-corrected chi connectivity index (χ0v) is 16.1. The Morgan fingerprint density at radius 3 is 2.12 bits per heavy atom. The van der Waals surface area contributed by atoms with Crippen LogP contribution in [0.15, 0.2) is 0 Å².